The van der Waals surface area contributed by atoms with Crippen LogP contribution >= 0.6 is 0 Å². The molecule has 0 aliphatic rings. The quantitative estimate of drug-likeness (QED) is 0.810. The highest BCUT2D eigenvalue weighted by Gasteiger charge is 2.07. The average molecular weight is 219 g/mol. The SMILES string of the molecule is COc1ccc(-n2nnnc2C)cc1CN. The summed E-state index contributed by atoms with van der Waals surface area (Å²) < 4.78 is 6.85. The molecule has 0 aliphatic heterocycles. The molecule has 1 aromatic heterocycles. The van der Waals surface area contributed by atoms with Crippen LogP contribution in [0.25, 0.3) is 5.69 Å². The first-order valence-corrected chi connectivity index (χ1v) is 4.88. The highest BCUT2D eigenvalue weighted by Crippen LogP contribution is 2.21. The summed E-state index contributed by atoms with van der Waals surface area (Å²) in [5.41, 5.74) is 7.45. The van der Waals surface area contributed by atoms with E-state index in [2.05, 4.69) is 15.5 Å². The summed E-state index contributed by atoms with van der Waals surface area (Å²) in [6, 6.07) is 5.67. The van der Waals surface area contributed by atoms with Crippen LogP contribution in [0.3, 0.4) is 0 Å². The highest BCUT2D eigenvalue weighted by atomic mass is 16.5. The summed E-state index contributed by atoms with van der Waals surface area (Å²) in [5, 5.41) is 11.3. The fraction of sp³-hybridized carbons (Fsp3) is 0.300. The number of ether oxygens (including phenoxy) is 1. The van der Waals surface area contributed by atoms with E-state index >= 15 is 0 Å². The molecule has 0 saturated heterocycles. The number of aromatic nitrogens is 4. The zero-order valence-electron chi connectivity index (χ0n) is 9.21. The molecule has 2 N–H and O–H groups in total. The number of benzene rings is 1. The van der Waals surface area contributed by atoms with E-state index in [9.17, 15) is 0 Å². The van der Waals surface area contributed by atoms with Crippen LogP contribution in [-0.4, -0.2) is 27.3 Å². The van der Waals surface area contributed by atoms with Crippen molar-refractivity contribution in [1.29, 1.82) is 0 Å². The van der Waals surface area contributed by atoms with E-state index in [0.29, 0.717) is 6.54 Å². The molecular formula is C10H13N5O. The van der Waals surface area contributed by atoms with Gasteiger partial charge in [-0.25, -0.2) is 0 Å². The third kappa shape index (κ3) is 1.74. The number of rotatable bonds is 3. The fourth-order valence-electron chi connectivity index (χ4n) is 1.53. The molecule has 16 heavy (non-hydrogen) atoms. The predicted molar refractivity (Wildman–Crippen MR) is 58.3 cm³/mol. The van der Waals surface area contributed by atoms with Crippen LogP contribution in [0.2, 0.25) is 0 Å². The summed E-state index contributed by atoms with van der Waals surface area (Å²) in [6.07, 6.45) is 0. The molecule has 84 valence electrons. The second-order valence-corrected chi connectivity index (χ2v) is 3.34. The molecule has 6 heteroatoms. The normalized spacial score (nSPS) is 10.4. The fourth-order valence-corrected chi connectivity index (χ4v) is 1.53. The molecule has 2 aromatic rings. The first kappa shape index (κ1) is 10.6. The van der Waals surface area contributed by atoms with Crippen LogP contribution in [-0.2, 0) is 6.54 Å². The molecule has 0 spiro atoms. The van der Waals surface area contributed by atoms with E-state index in [1.807, 2.05) is 25.1 Å². The Hall–Kier alpha value is -1.95. The second kappa shape index (κ2) is 4.28. The van der Waals surface area contributed by atoms with Crippen LogP contribution in [0.4, 0.5) is 0 Å². The van der Waals surface area contributed by atoms with E-state index < -0.39 is 0 Å². The van der Waals surface area contributed by atoms with Gasteiger partial charge in [-0.15, -0.1) is 5.10 Å². The Bertz CT molecular complexity index is 494. The van der Waals surface area contributed by atoms with E-state index in [4.69, 9.17) is 10.5 Å². The molecule has 0 bridgehead atoms. The Morgan fingerprint density at radius 2 is 2.25 bits per heavy atom. The van der Waals surface area contributed by atoms with Crippen LogP contribution in [0, 0.1) is 6.92 Å². The molecule has 6 nitrogen and oxygen atoms in total. The third-order valence-corrected chi connectivity index (χ3v) is 2.35. The molecule has 0 atom stereocenters. The van der Waals surface area contributed by atoms with Gasteiger partial charge in [-0.2, -0.15) is 4.68 Å². The van der Waals surface area contributed by atoms with Crippen molar-refractivity contribution in [1.82, 2.24) is 20.2 Å². The number of hydrogen-bond donors (Lipinski definition) is 1. The standard InChI is InChI=1S/C10H13N5O/c1-7-12-13-14-15(7)9-3-4-10(16-2)8(5-9)6-11/h3-5H,6,11H2,1-2H3. The van der Waals surface area contributed by atoms with Crippen molar-refractivity contribution in [3.63, 3.8) is 0 Å². The lowest BCUT2D eigenvalue weighted by Crippen LogP contribution is -2.04. The molecule has 0 aliphatic carbocycles. The maximum atomic E-state index is 5.65. The molecule has 1 heterocycles. The lowest BCUT2D eigenvalue weighted by atomic mass is 10.2. The molecule has 0 saturated carbocycles. The molecule has 0 amide bonds. The lowest BCUT2D eigenvalue weighted by molar-refractivity contribution is 0.409. The monoisotopic (exact) mass is 219 g/mol. The van der Waals surface area contributed by atoms with Crippen molar-refractivity contribution in [3.8, 4) is 11.4 Å². The number of nitrogens with zero attached hydrogens (tertiary/aromatic N) is 4. The van der Waals surface area contributed by atoms with Crippen molar-refractivity contribution < 1.29 is 4.74 Å². The zero-order valence-corrected chi connectivity index (χ0v) is 9.21. The Labute approximate surface area is 93.0 Å². The van der Waals surface area contributed by atoms with E-state index in [-0.39, 0.29) is 0 Å². The summed E-state index contributed by atoms with van der Waals surface area (Å²) in [5.74, 6) is 1.50. The molecule has 1 aromatic carbocycles. The third-order valence-electron chi connectivity index (χ3n) is 2.35. The van der Waals surface area contributed by atoms with Gasteiger partial charge in [0.2, 0.25) is 0 Å². The summed E-state index contributed by atoms with van der Waals surface area (Å²) in [7, 11) is 1.62. The Balaban J connectivity index is 2.48. The first-order chi connectivity index (χ1) is 7.76. The van der Waals surface area contributed by atoms with Gasteiger partial charge in [0.15, 0.2) is 5.82 Å². The molecule has 0 radical (unpaired) electrons. The summed E-state index contributed by atoms with van der Waals surface area (Å²) in [6.45, 7) is 2.25. The number of hydrogen-bond acceptors (Lipinski definition) is 5. The van der Waals surface area contributed by atoms with Gasteiger partial charge in [0.25, 0.3) is 0 Å². The van der Waals surface area contributed by atoms with E-state index in [1.54, 1.807) is 11.8 Å². The van der Waals surface area contributed by atoms with Crippen LogP contribution in [0.15, 0.2) is 18.2 Å². The Kier molecular flexibility index (Phi) is 2.82. The Morgan fingerprint density at radius 3 is 2.81 bits per heavy atom. The molecular weight excluding hydrogens is 206 g/mol. The van der Waals surface area contributed by atoms with E-state index in [0.717, 1.165) is 22.8 Å². The predicted octanol–water partition coefficient (Wildman–Crippen LogP) is 0.438. The van der Waals surface area contributed by atoms with Crippen molar-refractivity contribution in [3.05, 3.63) is 29.6 Å². The minimum atomic E-state index is 0.415. The highest BCUT2D eigenvalue weighted by molar-refractivity contribution is 5.43. The van der Waals surface area contributed by atoms with Crippen molar-refractivity contribution in [2.75, 3.05) is 7.11 Å². The summed E-state index contributed by atoms with van der Waals surface area (Å²) >= 11 is 0. The number of aryl methyl sites for hydroxylation is 1. The van der Waals surface area contributed by atoms with Crippen LogP contribution < -0.4 is 10.5 Å². The zero-order chi connectivity index (χ0) is 11.5. The summed E-state index contributed by atoms with van der Waals surface area (Å²) in [4.78, 5) is 0. The van der Waals surface area contributed by atoms with Crippen molar-refractivity contribution >= 4 is 0 Å². The van der Waals surface area contributed by atoms with Gasteiger partial charge < -0.3 is 10.5 Å². The number of tetrazole rings is 1. The number of methoxy groups -OCH3 is 1. The second-order valence-electron chi connectivity index (χ2n) is 3.34. The van der Waals surface area contributed by atoms with Gasteiger partial charge in [-0.3, -0.25) is 0 Å². The minimum absolute atomic E-state index is 0.415. The number of nitrogens with two attached hydrogens (primary N) is 1. The minimum Gasteiger partial charge on any atom is -0.496 e. The van der Waals surface area contributed by atoms with Gasteiger partial charge in [0.1, 0.15) is 5.75 Å². The molecule has 0 fully saturated rings. The maximum absolute atomic E-state index is 5.65. The first-order valence-electron chi connectivity index (χ1n) is 4.88. The van der Waals surface area contributed by atoms with Crippen molar-refractivity contribution in [2.45, 2.75) is 13.5 Å². The molecule has 2 rings (SSSR count). The maximum Gasteiger partial charge on any atom is 0.153 e. The van der Waals surface area contributed by atoms with Gasteiger partial charge in [0.05, 0.1) is 12.8 Å². The smallest absolute Gasteiger partial charge is 0.153 e. The lowest BCUT2D eigenvalue weighted by Gasteiger charge is -2.09. The Morgan fingerprint density at radius 1 is 1.44 bits per heavy atom. The average Bonchev–Trinajstić information content (AvgIpc) is 2.74. The van der Waals surface area contributed by atoms with E-state index in [1.165, 1.54) is 0 Å². The van der Waals surface area contributed by atoms with Crippen LogP contribution in [0.1, 0.15) is 11.4 Å². The van der Waals surface area contributed by atoms with Gasteiger partial charge >= 0.3 is 0 Å². The largest absolute Gasteiger partial charge is 0.496 e. The molecule has 0 unspecified atom stereocenters. The van der Waals surface area contributed by atoms with Crippen LogP contribution in [0.5, 0.6) is 5.75 Å². The van der Waals surface area contributed by atoms with Gasteiger partial charge in [0, 0.05) is 12.1 Å². The van der Waals surface area contributed by atoms with Gasteiger partial charge in [-0.1, -0.05) is 0 Å². The topological polar surface area (TPSA) is 78.8 Å². The van der Waals surface area contributed by atoms with Gasteiger partial charge in [-0.05, 0) is 35.5 Å². The van der Waals surface area contributed by atoms with Crippen molar-refractivity contribution in [2.24, 2.45) is 5.73 Å².